The molecule has 2 nitrogen and oxygen atoms in total. The van der Waals surface area contributed by atoms with Gasteiger partial charge in [-0.05, 0) is 50.6 Å². The van der Waals surface area contributed by atoms with Gasteiger partial charge in [-0.3, -0.25) is 9.98 Å². The summed E-state index contributed by atoms with van der Waals surface area (Å²) in [5.41, 5.74) is 6.39. The number of rotatable bonds is 4. The number of pyridine rings is 1. The Balaban J connectivity index is 0.00000106. The van der Waals surface area contributed by atoms with E-state index < -0.39 is 0 Å². The van der Waals surface area contributed by atoms with E-state index in [9.17, 15) is 4.39 Å². The van der Waals surface area contributed by atoms with E-state index in [0.717, 1.165) is 44.5 Å². The first-order valence-electron chi connectivity index (χ1n) is 10.5. The second-order valence-corrected chi connectivity index (χ2v) is 6.15. The molecule has 0 atom stereocenters. The van der Waals surface area contributed by atoms with Gasteiger partial charge in [-0.15, -0.1) is 0 Å². The van der Waals surface area contributed by atoms with Gasteiger partial charge in [0.05, 0.1) is 11.2 Å². The van der Waals surface area contributed by atoms with Crippen molar-refractivity contribution in [1.82, 2.24) is 4.98 Å². The summed E-state index contributed by atoms with van der Waals surface area (Å²) in [6.45, 7) is 17.7. The summed E-state index contributed by atoms with van der Waals surface area (Å²) < 4.78 is 14.0. The van der Waals surface area contributed by atoms with Crippen LogP contribution in [0.25, 0.3) is 27.7 Å². The lowest BCUT2D eigenvalue weighted by molar-refractivity contribution is 0.629. The van der Waals surface area contributed by atoms with Crippen LogP contribution in [0.1, 0.15) is 51.4 Å². The van der Waals surface area contributed by atoms with E-state index in [0.29, 0.717) is 0 Å². The van der Waals surface area contributed by atoms with E-state index in [-0.39, 0.29) is 5.82 Å². The molecule has 1 aromatic heterocycles. The number of hydrogen-bond acceptors (Lipinski definition) is 2. The van der Waals surface area contributed by atoms with Gasteiger partial charge in [-0.1, -0.05) is 70.2 Å². The first-order chi connectivity index (χ1) is 14.5. The molecule has 0 aliphatic heterocycles. The number of fused-ring (bicyclic) bond motifs is 1. The van der Waals surface area contributed by atoms with Crippen molar-refractivity contribution in [3.63, 3.8) is 0 Å². The Kier molecular flexibility index (Phi) is 10.4. The third-order valence-corrected chi connectivity index (χ3v) is 4.23. The van der Waals surface area contributed by atoms with E-state index in [1.807, 2.05) is 59.8 Å². The third kappa shape index (κ3) is 5.73. The molecule has 0 bridgehead atoms. The van der Waals surface area contributed by atoms with Crippen molar-refractivity contribution in [2.24, 2.45) is 4.99 Å². The van der Waals surface area contributed by atoms with Crippen LogP contribution in [0.2, 0.25) is 0 Å². The predicted octanol–water partition coefficient (Wildman–Crippen LogP) is 8.33. The number of halogens is 1. The summed E-state index contributed by atoms with van der Waals surface area (Å²) in [6.07, 6.45) is 5.28. The van der Waals surface area contributed by atoms with Gasteiger partial charge in [-0.2, -0.15) is 0 Å². The number of aryl methyl sites for hydroxylation is 2. The van der Waals surface area contributed by atoms with Gasteiger partial charge in [0.2, 0.25) is 0 Å². The highest BCUT2D eigenvalue weighted by Crippen LogP contribution is 2.37. The number of aliphatic imine (C=N–C) groups is 1. The Labute approximate surface area is 180 Å². The molecule has 0 fully saturated rings. The Morgan fingerprint density at radius 2 is 1.73 bits per heavy atom. The summed E-state index contributed by atoms with van der Waals surface area (Å²) in [6, 6.07) is 12.9. The smallest absolute Gasteiger partial charge is 0.123 e. The fourth-order valence-electron chi connectivity index (χ4n) is 3.22. The first kappa shape index (κ1) is 25.0. The molecule has 0 amide bonds. The topological polar surface area (TPSA) is 25.2 Å². The minimum absolute atomic E-state index is 0.293. The summed E-state index contributed by atoms with van der Waals surface area (Å²) in [7, 11) is 0. The maximum Gasteiger partial charge on any atom is 0.123 e. The fourth-order valence-corrected chi connectivity index (χ4v) is 3.22. The zero-order chi connectivity index (χ0) is 22.7. The van der Waals surface area contributed by atoms with Gasteiger partial charge in [0.25, 0.3) is 0 Å². The molecule has 3 rings (SSSR count). The van der Waals surface area contributed by atoms with Crippen LogP contribution in [0.3, 0.4) is 0 Å². The van der Waals surface area contributed by atoms with Gasteiger partial charge >= 0.3 is 0 Å². The van der Waals surface area contributed by atoms with Crippen LogP contribution in [0.15, 0.2) is 66.2 Å². The molecule has 0 saturated heterocycles. The SMILES string of the molecule is C=C/C=C(\N=CC)c1c(-c2cccc(C)c2)c(C)nc2ccc(F)cc12.CC.CC. The predicted molar refractivity (Wildman–Crippen MR) is 132 cm³/mol. The Morgan fingerprint density at radius 1 is 1.03 bits per heavy atom. The molecule has 0 aliphatic rings. The second kappa shape index (κ2) is 12.5. The molecule has 30 heavy (non-hydrogen) atoms. The average molecular weight is 405 g/mol. The highest BCUT2D eigenvalue weighted by atomic mass is 19.1. The molecule has 0 N–H and O–H groups in total. The second-order valence-electron chi connectivity index (χ2n) is 6.15. The monoisotopic (exact) mass is 404 g/mol. The number of hydrogen-bond donors (Lipinski definition) is 0. The zero-order valence-electron chi connectivity index (χ0n) is 19.3. The molecule has 2 aromatic carbocycles. The largest absolute Gasteiger partial charge is 0.261 e. The minimum atomic E-state index is -0.293. The van der Waals surface area contributed by atoms with E-state index in [2.05, 4.69) is 30.6 Å². The van der Waals surface area contributed by atoms with Crippen LogP contribution in [-0.2, 0) is 0 Å². The molecular weight excluding hydrogens is 371 g/mol. The fraction of sp³-hybridized carbons (Fsp3) is 0.259. The van der Waals surface area contributed by atoms with Crippen LogP contribution < -0.4 is 0 Å². The van der Waals surface area contributed by atoms with Crippen LogP contribution in [-0.4, -0.2) is 11.2 Å². The molecular formula is C27H33FN2. The molecule has 158 valence electrons. The average Bonchev–Trinajstić information content (AvgIpc) is 2.76. The van der Waals surface area contributed by atoms with Crippen molar-refractivity contribution in [3.8, 4) is 11.1 Å². The molecule has 1 heterocycles. The van der Waals surface area contributed by atoms with E-state index in [4.69, 9.17) is 4.98 Å². The van der Waals surface area contributed by atoms with E-state index >= 15 is 0 Å². The Bertz CT molecular complexity index is 1050. The first-order valence-corrected chi connectivity index (χ1v) is 10.5. The van der Waals surface area contributed by atoms with E-state index in [1.165, 1.54) is 12.1 Å². The van der Waals surface area contributed by atoms with Crippen LogP contribution in [0.5, 0.6) is 0 Å². The van der Waals surface area contributed by atoms with Crippen LogP contribution in [0, 0.1) is 19.7 Å². The molecule has 0 spiro atoms. The van der Waals surface area contributed by atoms with Crippen LogP contribution in [0.4, 0.5) is 4.39 Å². The van der Waals surface area contributed by atoms with Crippen molar-refractivity contribution in [3.05, 3.63) is 83.8 Å². The number of allylic oxidation sites excluding steroid dienone is 2. The normalized spacial score (nSPS) is 10.9. The summed E-state index contributed by atoms with van der Waals surface area (Å²) in [4.78, 5) is 9.24. The molecule has 3 aromatic rings. The van der Waals surface area contributed by atoms with Crippen molar-refractivity contribution < 1.29 is 4.39 Å². The summed E-state index contributed by atoms with van der Waals surface area (Å²) >= 11 is 0. The van der Waals surface area contributed by atoms with Crippen LogP contribution >= 0.6 is 0 Å². The molecule has 0 aliphatic carbocycles. The molecule has 0 saturated carbocycles. The maximum absolute atomic E-state index is 14.0. The standard InChI is InChI=1S/C23H21FN2.2C2H6/c1-5-8-21(25-6-2)23-19-14-18(24)11-12-20(19)26-16(4)22(23)17-10-7-9-15(3)13-17;2*1-2/h5-14H,1H2,2-4H3;2*1-2H3/b21-8-,25-6?;;. The van der Waals surface area contributed by atoms with Gasteiger partial charge < -0.3 is 0 Å². The quantitative estimate of drug-likeness (QED) is 0.317. The Morgan fingerprint density at radius 3 is 2.33 bits per heavy atom. The highest BCUT2D eigenvalue weighted by Gasteiger charge is 2.18. The number of nitrogens with zero attached hydrogens (tertiary/aromatic N) is 2. The summed E-state index contributed by atoms with van der Waals surface area (Å²) in [5.74, 6) is -0.293. The van der Waals surface area contributed by atoms with Gasteiger partial charge in [0, 0.05) is 28.4 Å². The minimum Gasteiger partial charge on any atom is -0.261 e. The highest BCUT2D eigenvalue weighted by molar-refractivity contribution is 6.00. The number of aromatic nitrogens is 1. The van der Waals surface area contributed by atoms with Crippen molar-refractivity contribution in [2.45, 2.75) is 48.5 Å². The molecule has 0 unspecified atom stereocenters. The maximum atomic E-state index is 14.0. The Hall–Kier alpha value is -3.07. The van der Waals surface area contributed by atoms with Gasteiger partial charge in [0.15, 0.2) is 0 Å². The van der Waals surface area contributed by atoms with Gasteiger partial charge in [-0.25, -0.2) is 4.39 Å². The van der Waals surface area contributed by atoms with E-state index in [1.54, 1.807) is 18.4 Å². The lowest BCUT2D eigenvalue weighted by Gasteiger charge is -2.17. The number of benzene rings is 2. The lowest BCUT2D eigenvalue weighted by atomic mass is 9.92. The molecule has 0 radical (unpaired) electrons. The zero-order valence-corrected chi connectivity index (χ0v) is 19.3. The lowest BCUT2D eigenvalue weighted by Crippen LogP contribution is -1.99. The van der Waals surface area contributed by atoms with Crippen molar-refractivity contribution in [1.29, 1.82) is 0 Å². The third-order valence-electron chi connectivity index (χ3n) is 4.23. The molecule has 3 heteroatoms. The summed E-state index contributed by atoms with van der Waals surface area (Å²) in [5, 5.41) is 0.741. The van der Waals surface area contributed by atoms with Crippen molar-refractivity contribution >= 4 is 22.8 Å². The van der Waals surface area contributed by atoms with Gasteiger partial charge in [0.1, 0.15) is 5.82 Å². The van der Waals surface area contributed by atoms with Crippen molar-refractivity contribution in [2.75, 3.05) is 0 Å².